The number of H-pyrrole nitrogens is 1. The molecule has 0 bridgehead atoms. The van der Waals surface area contributed by atoms with Crippen molar-refractivity contribution in [3.8, 4) is 0 Å². The van der Waals surface area contributed by atoms with E-state index >= 15 is 0 Å². The van der Waals surface area contributed by atoms with Gasteiger partial charge in [-0.05, 0) is 31.6 Å². The van der Waals surface area contributed by atoms with E-state index in [-0.39, 0.29) is 22.8 Å². The zero-order valence-electron chi connectivity index (χ0n) is 12.4. The number of rotatable bonds is 4. The molecule has 3 aromatic heterocycles. The van der Waals surface area contributed by atoms with Crippen LogP contribution in [0, 0.1) is 11.7 Å². The van der Waals surface area contributed by atoms with Crippen molar-refractivity contribution in [1.29, 1.82) is 0 Å². The molecule has 0 radical (unpaired) electrons. The molecule has 3 rings (SSSR count). The zero-order valence-corrected chi connectivity index (χ0v) is 14.8. The lowest BCUT2D eigenvalue weighted by Crippen LogP contribution is -2.28. The van der Waals surface area contributed by atoms with Crippen molar-refractivity contribution < 1.29 is 4.79 Å². The first kappa shape index (κ1) is 16.0. The summed E-state index contributed by atoms with van der Waals surface area (Å²) in [5, 5.41) is 12.0. The van der Waals surface area contributed by atoms with Gasteiger partial charge in [0.25, 0.3) is 5.56 Å². The molecular formula is C13H13N5O2S3. The number of hydrogen-bond donors (Lipinski definition) is 2. The Labute approximate surface area is 144 Å². The Kier molecular flexibility index (Phi) is 4.37. The summed E-state index contributed by atoms with van der Waals surface area (Å²) >= 11 is 7.98. The number of nitrogens with zero attached hydrogens (tertiary/aromatic N) is 3. The molecule has 10 heteroatoms. The fourth-order valence-electron chi connectivity index (χ4n) is 2.06. The van der Waals surface area contributed by atoms with Gasteiger partial charge < -0.3 is 4.98 Å². The molecule has 23 heavy (non-hydrogen) atoms. The average molecular weight is 367 g/mol. The summed E-state index contributed by atoms with van der Waals surface area (Å²) in [6.07, 6.45) is 0.844. The molecule has 0 fully saturated rings. The molecule has 0 aliphatic rings. The van der Waals surface area contributed by atoms with Crippen molar-refractivity contribution in [2.24, 2.45) is 0 Å². The van der Waals surface area contributed by atoms with Crippen molar-refractivity contribution in [3.05, 3.63) is 31.1 Å². The van der Waals surface area contributed by atoms with E-state index in [9.17, 15) is 9.59 Å². The van der Waals surface area contributed by atoms with Gasteiger partial charge in [0.1, 0.15) is 16.4 Å². The number of aromatic amines is 1. The maximum atomic E-state index is 12.5. The summed E-state index contributed by atoms with van der Waals surface area (Å²) in [7, 11) is 0. The second kappa shape index (κ2) is 6.30. The van der Waals surface area contributed by atoms with Crippen LogP contribution in [0.15, 0.2) is 10.9 Å². The Morgan fingerprint density at radius 2 is 2.22 bits per heavy atom. The van der Waals surface area contributed by atoms with Crippen molar-refractivity contribution >= 4 is 56.1 Å². The summed E-state index contributed by atoms with van der Waals surface area (Å²) in [4.78, 5) is 29.5. The highest BCUT2D eigenvalue weighted by molar-refractivity contribution is 7.71. The SMILES string of the molecule is CCc1cc2c(=O)n(CC(=O)Nc3nnc(C)s3)c(=S)[nH]c2s1. The minimum atomic E-state index is -0.368. The maximum Gasteiger partial charge on any atom is 0.263 e. The van der Waals surface area contributed by atoms with Gasteiger partial charge in [0.15, 0.2) is 4.77 Å². The molecule has 3 heterocycles. The Hall–Kier alpha value is -1.91. The second-order valence-electron chi connectivity index (χ2n) is 4.80. The predicted octanol–water partition coefficient (Wildman–Crippen LogP) is 2.48. The van der Waals surface area contributed by atoms with Crippen LogP contribution in [0.1, 0.15) is 16.8 Å². The number of carbonyl (C=O) groups excluding carboxylic acids is 1. The zero-order chi connectivity index (χ0) is 16.6. The van der Waals surface area contributed by atoms with Crippen molar-refractivity contribution in [3.63, 3.8) is 0 Å². The molecule has 0 aliphatic heterocycles. The molecule has 0 aromatic carbocycles. The molecule has 0 aliphatic carbocycles. The van der Waals surface area contributed by atoms with Gasteiger partial charge in [-0.2, -0.15) is 0 Å². The lowest BCUT2D eigenvalue weighted by molar-refractivity contribution is -0.116. The molecule has 7 nitrogen and oxygen atoms in total. The summed E-state index contributed by atoms with van der Waals surface area (Å²) in [6, 6.07) is 1.84. The Balaban J connectivity index is 1.91. The van der Waals surface area contributed by atoms with Gasteiger partial charge in [-0.25, -0.2) is 0 Å². The smallest absolute Gasteiger partial charge is 0.263 e. The number of nitrogens with one attached hydrogen (secondary N) is 2. The van der Waals surface area contributed by atoms with Crippen LogP contribution in [0.5, 0.6) is 0 Å². The predicted molar refractivity (Wildman–Crippen MR) is 93.9 cm³/mol. The van der Waals surface area contributed by atoms with Gasteiger partial charge in [-0.1, -0.05) is 18.3 Å². The summed E-state index contributed by atoms with van der Waals surface area (Å²) < 4.78 is 1.49. The molecule has 120 valence electrons. The van der Waals surface area contributed by atoms with E-state index < -0.39 is 0 Å². The number of thiophene rings is 1. The van der Waals surface area contributed by atoms with E-state index in [1.807, 2.05) is 13.0 Å². The number of fused-ring (bicyclic) bond motifs is 1. The molecule has 0 saturated heterocycles. The minimum absolute atomic E-state index is 0.167. The molecule has 0 saturated carbocycles. The van der Waals surface area contributed by atoms with Gasteiger partial charge in [0.05, 0.1) is 5.39 Å². The summed E-state index contributed by atoms with van der Waals surface area (Å²) in [5.74, 6) is -0.368. The van der Waals surface area contributed by atoms with Crippen LogP contribution in [0.3, 0.4) is 0 Å². The highest BCUT2D eigenvalue weighted by Crippen LogP contribution is 2.21. The van der Waals surface area contributed by atoms with E-state index in [1.165, 1.54) is 27.2 Å². The Morgan fingerprint density at radius 3 is 2.87 bits per heavy atom. The van der Waals surface area contributed by atoms with Gasteiger partial charge in [0.2, 0.25) is 11.0 Å². The molecule has 1 amide bonds. The largest absolute Gasteiger partial charge is 0.323 e. The fourth-order valence-corrected chi connectivity index (χ4v) is 3.97. The minimum Gasteiger partial charge on any atom is -0.323 e. The number of amides is 1. The standard InChI is InChI=1S/C13H13N5O2S3/c1-3-7-4-8-10(23-7)15-13(21)18(11(8)20)5-9(19)14-12-17-16-6(2)22-12/h4H,3,5H2,1-2H3,(H,15,21)(H,14,17,19). The van der Waals surface area contributed by atoms with E-state index in [2.05, 4.69) is 20.5 Å². The monoisotopic (exact) mass is 367 g/mol. The molecule has 3 aromatic rings. The lowest BCUT2D eigenvalue weighted by atomic mass is 10.3. The first-order chi connectivity index (χ1) is 11.0. The highest BCUT2D eigenvalue weighted by Gasteiger charge is 2.13. The van der Waals surface area contributed by atoms with Crippen LogP contribution < -0.4 is 10.9 Å². The van der Waals surface area contributed by atoms with E-state index in [0.717, 1.165) is 21.1 Å². The van der Waals surface area contributed by atoms with Crippen molar-refractivity contribution in [2.75, 3.05) is 5.32 Å². The van der Waals surface area contributed by atoms with Crippen LogP contribution in [0.4, 0.5) is 5.13 Å². The Morgan fingerprint density at radius 1 is 1.43 bits per heavy atom. The molecule has 2 N–H and O–H groups in total. The maximum absolute atomic E-state index is 12.5. The highest BCUT2D eigenvalue weighted by atomic mass is 32.1. The topological polar surface area (TPSA) is 92.7 Å². The Bertz CT molecular complexity index is 997. The first-order valence-corrected chi connectivity index (χ1v) is 8.87. The molecule has 0 spiro atoms. The van der Waals surface area contributed by atoms with Crippen LogP contribution in [-0.2, 0) is 17.8 Å². The van der Waals surface area contributed by atoms with Gasteiger partial charge in [-0.15, -0.1) is 21.5 Å². The van der Waals surface area contributed by atoms with E-state index in [1.54, 1.807) is 6.92 Å². The average Bonchev–Trinajstić information content (AvgIpc) is 3.09. The van der Waals surface area contributed by atoms with E-state index in [0.29, 0.717) is 10.5 Å². The lowest BCUT2D eigenvalue weighted by Gasteiger charge is -2.05. The second-order valence-corrected chi connectivity index (χ2v) is 7.51. The van der Waals surface area contributed by atoms with Crippen LogP contribution in [-0.4, -0.2) is 25.7 Å². The third-order valence-corrected chi connectivity index (χ3v) is 5.42. The van der Waals surface area contributed by atoms with Crippen LogP contribution in [0.25, 0.3) is 10.2 Å². The van der Waals surface area contributed by atoms with Gasteiger partial charge >= 0.3 is 0 Å². The first-order valence-electron chi connectivity index (χ1n) is 6.83. The number of aryl methyl sites for hydroxylation is 2. The third kappa shape index (κ3) is 3.23. The van der Waals surface area contributed by atoms with Crippen molar-refractivity contribution in [1.82, 2.24) is 19.7 Å². The quantitative estimate of drug-likeness (QED) is 0.691. The molecular weight excluding hydrogens is 354 g/mol. The van der Waals surface area contributed by atoms with Crippen LogP contribution >= 0.6 is 34.9 Å². The number of anilines is 1. The normalized spacial score (nSPS) is 11.0. The summed E-state index contributed by atoms with van der Waals surface area (Å²) in [5.41, 5.74) is -0.261. The van der Waals surface area contributed by atoms with Gasteiger partial charge in [0, 0.05) is 4.88 Å². The van der Waals surface area contributed by atoms with E-state index in [4.69, 9.17) is 12.2 Å². The number of hydrogen-bond acceptors (Lipinski definition) is 7. The number of carbonyl (C=O) groups is 1. The fraction of sp³-hybridized carbons (Fsp3) is 0.308. The molecule has 0 atom stereocenters. The molecule has 0 unspecified atom stereocenters. The van der Waals surface area contributed by atoms with Gasteiger partial charge in [-0.3, -0.25) is 19.5 Å². The van der Waals surface area contributed by atoms with Crippen LogP contribution in [0.2, 0.25) is 0 Å². The third-order valence-electron chi connectivity index (χ3n) is 3.15. The summed E-state index contributed by atoms with van der Waals surface area (Å²) in [6.45, 7) is 3.65. The number of aromatic nitrogens is 4. The van der Waals surface area contributed by atoms with Crippen molar-refractivity contribution in [2.45, 2.75) is 26.8 Å².